The summed E-state index contributed by atoms with van der Waals surface area (Å²) in [4.78, 5) is 23.6. The molecule has 0 heterocycles. The van der Waals surface area contributed by atoms with Crippen molar-refractivity contribution in [1.29, 1.82) is 0 Å². The molecule has 0 aromatic carbocycles. The number of carbonyl (C=O) groups excluding carboxylic acids is 2. The number of alkyl carbamates (subject to hydrolysis) is 1. The number of nitrogens with one attached hydrogen (secondary N) is 2. The Hall–Kier alpha value is -1.30. The van der Waals surface area contributed by atoms with Crippen LogP contribution in [0.2, 0.25) is 0 Å². The van der Waals surface area contributed by atoms with Gasteiger partial charge in [0.25, 0.3) is 0 Å². The molecule has 6 nitrogen and oxygen atoms in total. The van der Waals surface area contributed by atoms with Gasteiger partial charge in [0.1, 0.15) is 5.60 Å². The van der Waals surface area contributed by atoms with Crippen molar-refractivity contribution in [2.24, 2.45) is 5.92 Å². The van der Waals surface area contributed by atoms with E-state index < -0.39 is 5.60 Å². The van der Waals surface area contributed by atoms with E-state index in [1.165, 1.54) is 7.11 Å². The fourth-order valence-corrected chi connectivity index (χ4v) is 3.51. The maximum absolute atomic E-state index is 12.1. The third-order valence-corrected chi connectivity index (χ3v) is 5.07. The second-order valence-electron chi connectivity index (χ2n) is 8.21. The molecule has 138 valence electrons. The number of hydrogen-bond donors (Lipinski definition) is 2. The number of esters is 1. The van der Waals surface area contributed by atoms with Gasteiger partial charge in [-0.1, -0.05) is 0 Å². The van der Waals surface area contributed by atoms with Crippen LogP contribution in [0.1, 0.15) is 65.7 Å². The summed E-state index contributed by atoms with van der Waals surface area (Å²) in [5, 5.41) is 6.65. The second-order valence-corrected chi connectivity index (χ2v) is 8.21. The van der Waals surface area contributed by atoms with Gasteiger partial charge in [0.05, 0.1) is 18.6 Å². The van der Waals surface area contributed by atoms with Crippen LogP contribution in [0, 0.1) is 5.92 Å². The van der Waals surface area contributed by atoms with Crippen molar-refractivity contribution in [2.75, 3.05) is 13.7 Å². The van der Waals surface area contributed by atoms with Crippen LogP contribution in [-0.2, 0) is 14.3 Å². The summed E-state index contributed by atoms with van der Waals surface area (Å²) in [5.74, 6) is -0.0406. The van der Waals surface area contributed by atoms with Crippen molar-refractivity contribution in [2.45, 2.75) is 82.9 Å². The highest BCUT2D eigenvalue weighted by molar-refractivity contribution is 5.72. The Morgan fingerprint density at radius 2 is 1.75 bits per heavy atom. The predicted molar refractivity (Wildman–Crippen MR) is 91.7 cm³/mol. The molecule has 2 saturated carbocycles. The molecular formula is C18H32N2O4. The van der Waals surface area contributed by atoms with Gasteiger partial charge in [0, 0.05) is 12.6 Å². The number of hydrogen-bond acceptors (Lipinski definition) is 5. The Bertz CT molecular complexity index is 446. The van der Waals surface area contributed by atoms with Gasteiger partial charge in [0.15, 0.2) is 0 Å². The molecule has 0 radical (unpaired) electrons. The largest absolute Gasteiger partial charge is 0.469 e. The summed E-state index contributed by atoms with van der Waals surface area (Å²) in [6.07, 6.45) is 6.46. The van der Waals surface area contributed by atoms with E-state index in [9.17, 15) is 9.59 Å². The van der Waals surface area contributed by atoms with E-state index in [0.717, 1.165) is 51.5 Å². The van der Waals surface area contributed by atoms with Crippen LogP contribution in [0.5, 0.6) is 0 Å². The van der Waals surface area contributed by atoms with Crippen LogP contribution in [0.15, 0.2) is 0 Å². The van der Waals surface area contributed by atoms with E-state index in [1.807, 2.05) is 20.8 Å². The molecule has 2 aliphatic rings. The first-order valence-corrected chi connectivity index (χ1v) is 9.05. The summed E-state index contributed by atoms with van der Waals surface area (Å²) >= 11 is 0. The van der Waals surface area contributed by atoms with Crippen LogP contribution < -0.4 is 10.6 Å². The minimum atomic E-state index is -0.477. The number of amides is 1. The maximum Gasteiger partial charge on any atom is 0.408 e. The van der Waals surface area contributed by atoms with Crippen LogP contribution in [0.25, 0.3) is 0 Å². The molecule has 0 aliphatic heterocycles. The van der Waals surface area contributed by atoms with Gasteiger partial charge < -0.3 is 20.1 Å². The molecule has 2 N–H and O–H groups in total. The molecule has 1 amide bonds. The standard InChI is InChI=1S/C18H32N2O4/c1-17(2,3)24-16(22)20-18(10-5-11-18)12-19-14-8-6-13(7-9-14)15(21)23-4/h13-14,19H,5-12H2,1-4H3,(H,20,22). The lowest BCUT2D eigenvalue weighted by Gasteiger charge is -2.44. The minimum Gasteiger partial charge on any atom is -0.469 e. The summed E-state index contributed by atoms with van der Waals surface area (Å²) in [7, 11) is 1.45. The minimum absolute atomic E-state index is 0.0469. The van der Waals surface area contributed by atoms with Crippen molar-refractivity contribution in [1.82, 2.24) is 10.6 Å². The third kappa shape index (κ3) is 5.36. The van der Waals surface area contributed by atoms with Crippen LogP contribution in [0.3, 0.4) is 0 Å². The molecule has 0 saturated heterocycles. The fourth-order valence-electron chi connectivity index (χ4n) is 3.51. The monoisotopic (exact) mass is 340 g/mol. The van der Waals surface area contributed by atoms with Crippen molar-refractivity contribution in [3.63, 3.8) is 0 Å². The second kappa shape index (κ2) is 7.72. The van der Waals surface area contributed by atoms with Gasteiger partial charge >= 0.3 is 12.1 Å². The van der Waals surface area contributed by atoms with Crippen molar-refractivity contribution < 1.29 is 19.1 Å². The van der Waals surface area contributed by atoms with Gasteiger partial charge in [-0.3, -0.25) is 4.79 Å². The average Bonchev–Trinajstić information content (AvgIpc) is 2.47. The number of ether oxygens (including phenoxy) is 2. The molecule has 2 rings (SSSR count). The van der Waals surface area contributed by atoms with Gasteiger partial charge in [0.2, 0.25) is 0 Å². The lowest BCUT2D eigenvalue weighted by molar-refractivity contribution is -0.146. The molecule has 0 aromatic rings. The topological polar surface area (TPSA) is 76.7 Å². The fraction of sp³-hybridized carbons (Fsp3) is 0.889. The molecule has 2 fully saturated rings. The zero-order chi connectivity index (χ0) is 17.8. The quantitative estimate of drug-likeness (QED) is 0.753. The molecule has 0 unspecified atom stereocenters. The summed E-state index contributed by atoms with van der Waals surface area (Å²) in [5.41, 5.74) is -0.656. The summed E-state index contributed by atoms with van der Waals surface area (Å²) in [6.45, 7) is 6.38. The van der Waals surface area contributed by atoms with E-state index in [4.69, 9.17) is 9.47 Å². The van der Waals surface area contributed by atoms with Gasteiger partial charge in [-0.05, 0) is 65.7 Å². The molecule has 24 heavy (non-hydrogen) atoms. The number of rotatable bonds is 5. The van der Waals surface area contributed by atoms with E-state index in [2.05, 4.69) is 10.6 Å². The number of methoxy groups -OCH3 is 1. The van der Waals surface area contributed by atoms with Crippen molar-refractivity contribution in [3.05, 3.63) is 0 Å². The van der Waals surface area contributed by atoms with Crippen LogP contribution in [0.4, 0.5) is 4.79 Å². The lowest BCUT2D eigenvalue weighted by Crippen LogP contribution is -2.61. The molecule has 0 bridgehead atoms. The Balaban J connectivity index is 1.76. The predicted octanol–water partition coefficient (Wildman–Crippen LogP) is 2.76. The molecule has 6 heteroatoms. The first-order valence-electron chi connectivity index (χ1n) is 9.05. The van der Waals surface area contributed by atoms with Crippen molar-refractivity contribution >= 4 is 12.1 Å². The van der Waals surface area contributed by atoms with Gasteiger partial charge in [-0.15, -0.1) is 0 Å². The highest BCUT2D eigenvalue weighted by atomic mass is 16.6. The first kappa shape index (κ1) is 19.0. The van der Waals surface area contributed by atoms with Gasteiger partial charge in [-0.25, -0.2) is 4.79 Å². The maximum atomic E-state index is 12.1. The van der Waals surface area contributed by atoms with E-state index in [1.54, 1.807) is 0 Å². The Morgan fingerprint density at radius 1 is 1.12 bits per heavy atom. The zero-order valence-corrected chi connectivity index (χ0v) is 15.4. The van der Waals surface area contributed by atoms with Crippen LogP contribution >= 0.6 is 0 Å². The molecule has 0 atom stereocenters. The highest BCUT2D eigenvalue weighted by Crippen LogP contribution is 2.32. The molecule has 0 aromatic heterocycles. The Labute approximate surface area is 145 Å². The average molecular weight is 340 g/mol. The normalized spacial score (nSPS) is 26.2. The highest BCUT2D eigenvalue weighted by Gasteiger charge is 2.40. The van der Waals surface area contributed by atoms with E-state index >= 15 is 0 Å². The van der Waals surface area contributed by atoms with Crippen LogP contribution in [-0.4, -0.2) is 42.9 Å². The molecule has 2 aliphatic carbocycles. The Kier molecular flexibility index (Phi) is 6.12. The molecular weight excluding hydrogens is 308 g/mol. The SMILES string of the molecule is COC(=O)C1CCC(NCC2(NC(=O)OC(C)(C)C)CCC2)CC1. The smallest absolute Gasteiger partial charge is 0.408 e. The van der Waals surface area contributed by atoms with E-state index in [-0.39, 0.29) is 23.5 Å². The van der Waals surface area contributed by atoms with Gasteiger partial charge in [-0.2, -0.15) is 0 Å². The number of carbonyl (C=O) groups is 2. The first-order chi connectivity index (χ1) is 11.2. The lowest BCUT2D eigenvalue weighted by atomic mass is 9.76. The molecule has 0 spiro atoms. The van der Waals surface area contributed by atoms with Crippen molar-refractivity contribution in [3.8, 4) is 0 Å². The summed E-state index contributed by atoms with van der Waals surface area (Å²) in [6, 6.07) is 0.406. The van der Waals surface area contributed by atoms with E-state index in [0.29, 0.717) is 6.04 Å². The Morgan fingerprint density at radius 3 is 2.21 bits per heavy atom. The third-order valence-electron chi connectivity index (χ3n) is 5.07. The summed E-state index contributed by atoms with van der Waals surface area (Å²) < 4.78 is 10.2. The zero-order valence-electron chi connectivity index (χ0n) is 15.4.